The number of methoxy groups -OCH3 is 1. The maximum Gasteiger partial charge on any atom is 0.261 e. The first-order valence-electron chi connectivity index (χ1n) is 11.2. The van der Waals surface area contributed by atoms with Gasteiger partial charge in [0.2, 0.25) is 0 Å². The second-order valence-electron chi connectivity index (χ2n) is 8.92. The monoisotopic (exact) mass is 434 g/mol. The molecular formula is C25H27FN4O2. The fraction of sp³-hybridized carbons (Fsp3) is 0.400. The number of fused-ring (bicyclic) bond motifs is 3. The van der Waals surface area contributed by atoms with Gasteiger partial charge < -0.3 is 9.30 Å². The van der Waals surface area contributed by atoms with E-state index in [1.54, 1.807) is 30.0 Å². The van der Waals surface area contributed by atoms with E-state index in [2.05, 4.69) is 18.8 Å². The van der Waals surface area contributed by atoms with E-state index in [9.17, 15) is 9.18 Å². The number of rotatable bonds is 4. The number of ether oxygens (including phenoxy) is 1. The van der Waals surface area contributed by atoms with Crippen LogP contribution in [0.1, 0.15) is 44.8 Å². The molecule has 5 rings (SSSR count). The molecule has 6 nitrogen and oxygen atoms in total. The number of benzene rings is 1. The van der Waals surface area contributed by atoms with Gasteiger partial charge >= 0.3 is 0 Å². The number of pyridine rings is 1. The molecule has 3 aromatic heterocycles. The fourth-order valence-corrected chi connectivity index (χ4v) is 5.09. The van der Waals surface area contributed by atoms with Crippen LogP contribution < -0.4 is 5.56 Å². The van der Waals surface area contributed by atoms with Crippen LogP contribution in [0.3, 0.4) is 0 Å². The van der Waals surface area contributed by atoms with Crippen molar-refractivity contribution in [3.63, 3.8) is 0 Å². The fourth-order valence-electron chi connectivity index (χ4n) is 5.09. The van der Waals surface area contributed by atoms with Crippen molar-refractivity contribution >= 4 is 16.6 Å². The molecule has 1 saturated carbocycles. The third-order valence-electron chi connectivity index (χ3n) is 7.05. The van der Waals surface area contributed by atoms with Gasteiger partial charge in [0, 0.05) is 25.5 Å². The molecule has 0 spiro atoms. The van der Waals surface area contributed by atoms with Gasteiger partial charge in [-0.1, -0.05) is 38.8 Å². The van der Waals surface area contributed by atoms with Crippen molar-refractivity contribution in [3.05, 3.63) is 64.6 Å². The summed E-state index contributed by atoms with van der Waals surface area (Å²) in [4.78, 5) is 18.1. The lowest BCUT2D eigenvalue weighted by Gasteiger charge is -2.35. The number of halogens is 1. The van der Waals surface area contributed by atoms with Gasteiger partial charge in [-0.05, 0) is 42.0 Å². The van der Waals surface area contributed by atoms with Gasteiger partial charge in [-0.15, -0.1) is 0 Å². The highest BCUT2D eigenvalue weighted by molar-refractivity contribution is 5.86. The first kappa shape index (κ1) is 20.8. The number of aromatic nitrogens is 4. The van der Waals surface area contributed by atoms with Crippen LogP contribution in [0.25, 0.3) is 27.7 Å². The predicted molar refractivity (Wildman–Crippen MR) is 122 cm³/mol. The van der Waals surface area contributed by atoms with Crippen molar-refractivity contribution < 1.29 is 9.13 Å². The van der Waals surface area contributed by atoms with Gasteiger partial charge in [0.15, 0.2) is 5.65 Å². The van der Waals surface area contributed by atoms with Crippen molar-refractivity contribution in [2.75, 3.05) is 7.11 Å². The maximum atomic E-state index is 13.5. The molecule has 3 heterocycles. The molecule has 0 aliphatic heterocycles. The topological polar surface area (TPSA) is 61.4 Å². The highest BCUT2D eigenvalue weighted by Gasteiger charge is 2.29. The molecule has 166 valence electrons. The lowest BCUT2D eigenvalue weighted by atomic mass is 9.78. The smallest absolute Gasteiger partial charge is 0.261 e. The summed E-state index contributed by atoms with van der Waals surface area (Å²) in [7, 11) is 1.61. The average Bonchev–Trinajstić information content (AvgIpc) is 3.15. The van der Waals surface area contributed by atoms with Gasteiger partial charge in [0.05, 0.1) is 28.8 Å². The molecule has 7 heteroatoms. The van der Waals surface area contributed by atoms with E-state index in [-0.39, 0.29) is 24.0 Å². The van der Waals surface area contributed by atoms with E-state index in [0.717, 1.165) is 24.0 Å². The lowest BCUT2D eigenvalue weighted by Crippen LogP contribution is -2.33. The second-order valence-corrected chi connectivity index (χ2v) is 8.92. The number of hydrogen-bond donors (Lipinski definition) is 0. The van der Waals surface area contributed by atoms with E-state index in [0.29, 0.717) is 34.1 Å². The summed E-state index contributed by atoms with van der Waals surface area (Å²) >= 11 is 0. The van der Waals surface area contributed by atoms with Crippen LogP contribution in [0.4, 0.5) is 4.39 Å². The highest BCUT2D eigenvalue weighted by atomic mass is 19.1. The first-order chi connectivity index (χ1) is 15.5. The molecule has 1 aliphatic rings. The third kappa shape index (κ3) is 3.32. The zero-order valence-electron chi connectivity index (χ0n) is 18.6. The Hall–Kier alpha value is -3.06. The minimum Gasteiger partial charge on any atom is -0.378 e. The van der Waals surface area contributed by atoms with Crippen LogP contribution in [-0.4, -0.2) is 26.3 Å². The quantitative estimate of drug-likeness (QED) is 0.454. The lowest BCUT2D eigenvalue weighted by molar-refractivity contribution is 0.181. The SMILES string of the molecule is COCc1nn2c(ncc3c(=O)n([C@@H]4CCC[C@@H](C)[C@H]4C)ccc32)c1-c1ccc(F)cc1. The summed E-state index contributed by atoms with van der Waals surface area (Å²) in [6.45, 7) is 4.80. The molecule has 1 aliphatic carbocycles. The molecule has 0 bridgehead atoms. The summed E-state index contributed by atoms with van der Waals surface area (Å²) in [5.74, 6) is 0.736. The van der Waals surface area contributed by atoms with Crippen molar-refractivity contribution in [3.8, 4) is 11.1 Å². The van der Waals surface area contributed by atoms with Crippen molar-refractivity contribution in [2.45, 2.75) is 45.8 Å². The second kappa shape index (κ2) is 8.13. The zero-order chi connectivity index (χ0) is 22.4. The van der Waals surface area contributed by atoms with Crippen molar-refractivity contribution in [1.82, 2.24) is 19.2 Å². The molecular weight excluding hydrogens is 407 g/mol. The Morgan fingerprint density at radius 1 is 1.16 bits per heavy atom. The van der Waals surface area contributed by atoms with Gasteiger partial charge in [-0.2, -0.15) is 5.10 Å². The van der Waals surface area contributed by atoms with Crippen molar-refractivity contribution in [1.29, 1.82) is 0 Å². The molecule has 3 atom stereocenters. The summed E-state index contributed by atoms with van der Waals surface area (Å²) in [5, 5.41) is 5.27. The average molecular weight is 435 g/mol. The van der Waals surface area contributed by atoms with E-state index >= 15 is 0 Å². The number of nitrogens with zero attached hydrogens (tertiary/aromatic N) is 4. The van der Waals surface area contributed by atoms with E-state index < -0.39 is 0 Å². The zero-order valence-corrected chi connectivity index (χ0v) is 18.6. The molecule has 1 fully saturated rings. The predicted octanol–water partition coefficient (Wildman–Crippen LogP) is 4.99. The maximum absolute atomic E-state index is 13.5. The van der Waals surface area contributed by atoms with Crippen LogP contribution in [-0.2, 0) is 11.3 Å². The largest absolute Gasteiger partial charge is 0.378 e. The van der Waals surface area contributed by atoms with Gasteiger partial charge in [0.1, 0.15) is 5.82 Å². The summed E-state index contributed by atoms with van der Waals surface area (Å²) in [6, 6.07) is 8.41. The Labute approximate surface area is 185 Å². The van der Waals surface area contributed by atoms with Gasteiger partial charge in [0.25, 0.3) is 5.56 Å². The molecule has 0 unspecified atom stereocenters. The van der Waals surface area contributed by atoms with Crippen LogP contribution >= 0.6 is 0 Å². The molecule has 0 radical (unpaired) electrons. The standard InChI is InChI=1S/C25H27FN4O2/c1-15-5-4-6-21(16(15)2)29-12-11-22-19(25(29)31)13-27-24-23(17-7-9-18(26)10-8-17)20(14-32-3)28-30(22)24/h7-13,15-16,21H,4-6,14H2,1-3H3/t15-,16-,21-/m1/s1. The Kier molecular flexibility index (Phi) is 5.29. The van der Waals surface area contributed by atoms with E-state index in [1.807, 2.05) is 16.8 Å². The molecule has 1 aromatic carbocycles. The molecule has 32 heavy (non-hydrogen) atoms. The Morgan fingerprint density at radius 2 is 1.94 bits per heavy atom. The molecule has 4 aromatic rings. The molecule has 0 N–H and O–H groups in total. The van der Waals surface area contributed by atoms with Crippen LogP contribution in [0.2, 0.25) is 0 Å². The summed E-state index contributed by atoms with van der Waals surface area (Å²) < 4.78 is 22.4. The van der Waals surface area contributed by atoms with Crippen LogP contribution in [0.5, 0.6) is 0 Å². The van der Waals surface area contributed by atoms with E-state index in [4.69, 9.17) is 9.84 Å². The molecule has 0 saturated heterocycles. The molecule has 0 amide bonds. The first-order valence-corrected chi connectivity index (χ1v) is 11.2. The van der Waals surface area contributed by atoms with Gasteiger partial charge in [-0.25, -0.2) is 13.9 Å². The minimum absolute atomic E-state index is 0.0324. The van der Waals surface area contributed by atoms with Gasteiger partial charge in [-0.3, -0.25) is 4.79 Å². The normalized spacial score (nSPS) is 21.4. The van der Waals surface area contributed by atoms with Crippen molar-refractivity contribution in [2.24, 2.45) is 11.8 Å². The Balaban J connectivity index is 1.70. The summed E-state index contributed by atoms with van der Waals surface area (Å²) in [5.41, 5.74) is 3.57. The third-order valence-corrected chi connectivity index (χ3v) is 7.05. The highest BCUT2D eigenvalue weighted by Crippen LogP contribution is 2.37. The Morgan fingerprint density at radius 3 is 2.69 bits per heavy atom. The minimum atomic E-state index is -0.302. The van der Waals surface area contributed by atoms with Crippen LogP contribution in [0, 0.1) is 17.7 Å². The number of hydrogen-bond acceptors (Lipinski definition) is 4. The van der Waals surface area contributed by atoms with E-state index in [1.165, 1.54) is 18.6 Å². The Bertz CT molecular complexity index is 1340. The summed E-state index contributed by atoms with van der Waals surface area (Å²) in [6.07, 6.45) is 6.91. The van der Waals surface area contributed by atoms with Crippen LogP contribution in [0.15, 0.2) is 47.5 Å².